The Balaban J connectivity index is 0.00000196. The fraction of sp³-hybridized carbons (Fsp3) is 0.190. The Morgan fingerprint density at radius 2 is 1.88 bits per heavy atom. The van der Waals surface area contributed by atoms with Gasteiger partial charge in [-0.15, -0.1) is 0 Å². The van der Waals surface area contributed by atoms with Gasteiger partial charge in [-0.25, -0.2) is 0 Å². The lowest BCUT2D eigenvalue weighted by atomic mass is 10.1. The van der Waals surface area contributed by atoms with Gasteiger partial charge in [-0.2, -0.15) is 4.57 Å². The summed E-state index contributed by atoms with van der Waals surface area (Å²) in [4.78, 5) is 3.64. The maximum atomic E-state index is 3.93. The van der Waals surface area contributed by atoms with Crippen LogP contribution in [0.4, 0.5) is 5.69 Å². The maximum absolute atomic E-state index is 3.93. The van der Waals surface area contributed by atoms with E-state index >= 15 is 0 Å². The van der Waals surface area contributed by atoms with Gasteiger partial charge in [-0.3, -0.25) is 0 Å². The zero-order chi connectivity index (χ0) is 17.6. The number of fused-ring (bicyclic) bond motifs is 2. The number of anilines is 1. The fourth-order valence-electron chi connectivity index (χ4n) is 3.13. The molecular formula is C21H21IN2S2. The van der Waals surface area contributed by atoms with Crippen LogP contribution in [0.25, 0.3) is 16.3 Å². The van der Waals surface area contributed by atoms with Crippen LogP contribution in [0.5, 0.6) is 0 Å². The van der Waals surface area contributed by atoms with Crippen LogP contribution < -0.4 is 33.4 Å². The SMILES string of the molecule is C=CC[n+]1c(C=C2Sc3cc(C)c(C)cc3N2C)sc2ccccc21.[I-]. The molecule has 5 heteroatoms. The minimum atomic E-state index is 0. The van der Waals surface area contributed by atoms with E-state index < -0.39 is 0 Å². The third-order valence-electron chi connectivity index (χ3n) is 4.68. The van der Waals surface area contributed by atoms with E-state index in [0.29, 0.717) is 0 Å². The monoisotopic (exact) mass is 492 g/mol. The summed E-state index contributed by atoms with van der Waals surface area (Å²) < 4.78 is 3.65. The standard InChI is InChI=1S/C21H21N2S2.HI/c1-5-10-23-16-8-6-7-9-18(16)24-21(23)13-20-22(4)17-11-14(2)15(3)12-19(17)25-20;/h5-9,11-13H,1,10H2,2-4H3;1H/q+1;/p-1. The summed E-state index contributed by atoms with van der Waals surface area (Å²) in [6, 6.07) is 13.2. The topological polar surface area (TPSA) is 7.12 Å². The van der Waals surface area contributed by atoms with E-state index in [4.69, 9.17) is 0 Å². The van der Waals surface area contributed by atoms with E-state index in [9.17, 15) is 0 Å². The summed E-state index contributed by atoms with van der Waals surface area (Å²) in [5.74, 6) is 0. The summed E-state index contributed by atoms with van der Waals surface area (Å²) in [7, 11) is 2.16. The normalized spacial score (nSPS) is 14.6. The van der Waals surface area contributed by atoms with E-state index in [2.05, 4.69) is 79.4 Å². The highest BCUT2D eigenvalue weighted by Crippen LogP contribution is 2.46. The number of para-hydroxylation sites is 1. The highest BCUT2D eigenvalue weighted by molar-refractivity contribution is 8.03. The van der Waals surface area contributed by atoms with Crippen molar-refractivity contribution in [2.24, 2.45) is 0 Å². The predicted molar refractivity (Wildman–Crippen MR) is 110 cm³/mol. The Morgan fingerprint density at radius 1 is 1.15 bits per heavy atom. The van der Waals surface area contributed by atoms with Gasteiger partial charge in [0.2, 0.25) is 5.52 Å². The van der Waals surface area contributed by atoms with Crippen molar-refractivity contribution in [2.45, 2.75) is 25.3 Å². The molecular weight excluding hydrogens is 471 g/mol. The van der Waals surface area contributed by atoms with Crippen LogP contribution in [0.1, 0.15) is 16.1 Å². The second-order valence-corrected chi connectivity index (χ2v) is 8.48. The van der Waals surface area contributed by atoms with E-state index in [1.165, 1.54) is 42.0 Å². The first-order valence-electron chi connectivity index (χ1n) is 8.35. The van der Waals surface area contributed by atoms with E-state index in [1.807, 2.05) is 29.2 Å². The van der Waals surface area contributed by atoms with Crippen molar-refractivity contribution in [1.82, 2.24) is 0 Å². The first kappa shape index (κ1) is 19.5. The molecule has 1 aliphatic heterocycles. The molecule has 3 aromatic rings. The molecule has 2 aromatic carbocycles. The lowest BCUT2D eigenvalue weighted by molar-refractivity contribution is -0.658. The van der Waals surface area contributed by atoms with E-state index in [0.717, 1.165) is 6.54 Å². The van der Waals surface area contributed by atoms with E-state index in [-0.39, 0.29) is 24.0 Å². The number of aromatic nitrogens is 1. The first-order valence-corrected chi connectivity index (χ1v) is 9.98. The van der Waals surface area contributed by atoms with Crippen molar-refractivity contribution in [1.29, 1.82) is 0 Å². The first-order chi connectivity index (χ1) is 12.1. The Bertz CT molecular complexity index is 1020. The van der Waals surface area contributed by atoms with Gasteiger partial charge in [0.15, 0.2) is 6.54 Å². The zero-order valence-electron chi connectivity index (χ0n) is 15.1. The molecule has 0 unspecified atom stereocenters. The van der Waals surface area contributed by atoms with Gasteiger partial charge in [0.05, 0.1) is 16.8 Å². The second kappa shape index (κ2) is 7.74. The molecule has 2 nitrogen and oxygen atoms in total. The number of hydrogen-bond donors (Lipinski definition) is 0. The average Bonchev–Trinajstić information content (AvgIpc) is 3.08. The molecule has 1 aliphatic rings. The molecule has 0 fully saturated rings. The summed E-state index contributed by atoms with van der Waals surface area (Å²) in [6.45, 7) is 9.11. The Hall–Kier alpha value is -1.31. The number of rotatable bonds is 3. The zero-order valence-corrected chi connectivity index (χ0v) is 18.9. The van der Waals surface area contributed by atoms with Crippen molar-refractivity contribution in [2.75, 3.05) is 11.9 Å². The number of thiazole rings is 1. The number of thioether (sulfide) groups is 1. The molecule has 26 heavy (non-hydrogen) atoms. The van der Waals surface area contributed by atoms with Gasteiger partial charge < -0.3 is 28.9 Å². The molecule has 0 aliphatic carbocycles. The van der Waals surface area contributed by atoms with E-state index in [1.54, 1.807) is 0 Å². The molecule has 0 amide bonds. The maximum Gasteiger partial charge on any atom is 0.265 e. The van der Waals surface area contributed by atoms with Gasteiger partial charge in [-0.1, -0.05) is 41.8 Å². The summed E-state index contributed by atoms with van der Waals surface area (Å²) >= 11 is 3.69. The van der Waals surface area contributed by atoms with Crippen molar-refractivity contribution >= 4 is 45.1 Å². The van der Waals surface area contributed by atoms with Crippen molar-refractivity contribution in [3.05, 3.63) is 70.2 Å². The predicted octanol–water partition coefficient (Wildman–Crippen LogP) is 2.54. The quantitative estimate of drug-likeness (QED) is 0.315. The lowest BCUT2D eigenvalue weighted by Crippen LogP contribution is -3.00. The van der Waals surface area contributed by atoms with Crippen molar-refractivity contribution < 1.29 is 28.5 Å². The van der Waals surface area contributed by atoms with Crippen LogP contribution in [-0.4, -0.2) is 7.05 Å². The minimum Gasteiger partial charge on any atom is -1.00 e. The molecule has 134 valence electrons. The largest absolute Gasteiger partial charge is 1.00 e. The van der Waals surface area contributed by atoms with Gasteiger partial charge in [0.25, 0.3) is 5.01 Å². The molecule has 0 saturated heterocycles. The second-order valence-electron chi connectivity index (χ2n) is 6.36. The summed E-state index contributed by atoms with van der Waals surface area (Å²) in [5.41, 5.74) is 5.27. The molecule has 0 saturated carbocycles. The van der Waals surface area contributed by atoms with Crippen LogP contribution >= 0.6 is 23.1 Å². The van der Waals surface area contributed by atoms with Crippen LogP contribution in [0.2, 0.25) is 0 Å². The Kier molecular flexibility index (Phi) is 5.79. The summed E-state index contributed by atoms with van der Waals surface area (Å²) in [5, 5.41) is 2.53. The molecule has 2 heterocycles. The third kappa shape index (κ3) is 3.32. The van der Waals surface area contributed by atoms with Crippen LogP contribution in [-0.2, 0) is 6.54 Å². The highest BCUT2D eigenvalue weighted by Gasteiger charge is 2.25. The molecule has 1 aromatic heterocycles. The molecule has 4 rings (SSSR count). The highest BCUT2D eigenvalue weighted by atomic mass is 127. The molecule has 0 spiro atoms. The number of allylic oxidation sites excluding steroid dienone is 1. The molecule has 0 atom stereocenters. The summed E-state index contributed by atoms with van der Waals surface area (Å²) in [6.07, 6.45) is 4.28. The number of hydrogen-bond acceptors (Lipinski definition) is 3. The van der Waals surface area contributed by atoms with Gasteiger partial charge in [0, 0.05) is 18.0 Å². The third-order valence-corrected chi connectivity index (χ3v) is 6.94. The van der Waals surface area contributed by atoms with Crippen LogP contribution in [0.15, 0.2) is 59.0 Å². The average molecular weight is 492 g/mol. The number of nitrogens with zero attached hydrogens (tertiary/aromatic N) is 2. The fourth-order valence-corrected chi connectivity index (χ4v) is 5.48. The molecule has 0 N–H and O–H groups in total. The Morgan fingerprint density at radius 3 is 2.65 bits per heavy atom. The van der Waals surface area contributed by atoms with Gasteiger partial charge >= 0.3 is 0 Å². The van der Waals surface area contributed by atoms with Crippen LogP contribution in [0, 0.1) is 13.8 Å². The van der Waals surface area contributed by atoms with Gasteiger partial charge in [0.1, 0.15) is 4.70 Å². The Labute approximate surface area is 180 Å². The minimum absolute atomic E-state index is 0. The lowest BCUT2D eigenvalue weighted by Gasteiger charge is -2.13. The number of benzene rings is 2. The van der Waals surface area contributed by atoms with Crippen molar-refractivity contribution in [3.63, 3.8) is 0 Å². The van der Waals surface area contributed by atoms with Crippen molar-refractivity contribution in [3.8, 4) is 0 Å². The molecule has 0 radical (unpaired) electrons. The van der Waals surface area contributed by atoms with Gasteiger partial charge in [-0.05, 0) is 49.2 Å². The number of aryl methyl sites for hydroxylation is 2. The van der Waals surface area contributed by atoms with Crippen LogP contribution in [0.3, 0.4) is 0 Å². The smallest absolute Gasteiger partial charge is 0.265 e. The molecule has 0 bridgehead atoms. The number of halogens is 1.